The maximum atomic E-state index is 12.9. The number of carbonyl (C=O) groups is 1. The molecular formula is C23H28BrNO4. The summed E-state index contributed by atoms with van der Waals surface area (Å²) in [6.45, 7) is 6.84. The van der Waals surface area contributed by atoms with E-state index in [0.29, 0.717) is 50.0 Å². The molecule has 2 aromatic rings. The first-order chi connectivity index (χ1) is 14.1. The minimum Gasteiger partial charge on any atom is -0.490 e. The van der Waals surface area contributed by atoms with E-state index >= 15 is 0 Å². The number of hydrogen-bond acceptors (Lipinski definition) is 4. The Morgan fingerprint density at radius 1 is 1.07 bits per heavy atom. The Morgan fingerprint density at radius 3 is 2.48 bits per heavy atom. The van der Waals surface area contributed by atoms with Gasteiger partial charge in [0.2, 0.25) is 0 Å². The molecule has 1 aliphatic heterocycles. The summed E-state index contributed by atoms with van der Waals surface area (Å²) < 4.78 is 17.9. The maximum Gasteiger partial charge on any atom is 0.251 e. The monoisotopic (exact) mass is 461 g/mol. The van der Waals surface area contributed by atoms with E-state index in [4.69, 9.17) is 14.2 Å². The van der Waals surface area contributed by atoms with Crippen LogP contribution in [0.2, 0.25) is 0 Å². The zero-order chi connectivity index (χ0) is 20.7. The molecule has 0 spiro atoms. The van der Waals surface area contributed by atoms with E-state index in [1.54, 1.807) is 18.2 Å². The largest absolute Gasteiger partial charge is 0.490 e. The molecule has 0 atom stereocenters. The Kier molecular flexibility index (Phi) is 7.56. The van der Waals surface area contributed by atoms with Gasteiger partial charge < -0.3 is 19.5 Å². The number of ether oxygens (including phenoxy) is 3. The average Bonchev–Trinajstić information content (AvgIpc) is 2.74. The minimum atomic E-state index is -0.133. The second kappa shape index (κ2) is 10.1. The molecule has 1 fully saturated rings. The molecule has 1 heterocycles. The molecule has 0 unspecified atom stereocenters. The van der Waals surface area contributed by atoms with E-state index in [9.17, 15) is 4.79 Å². The molecule has 0 radical (unpaired) electrons. The first kappa shape index (κ1) is 21.7. The van der Waals surface area contributed by atoms with Gasteiger partial charge in [0.1, 0.15) is 0 Å². The second-order valence-electron chi connectivity index (χ2n) is 7.11. The molecule has 156 valence electrons. The predicted octanol–water partition coefficient (Wildman–Crippen LogP) is 4.72. The fraction of sp³-hybridized carbons (Fsp3) is 0.435. The van der Waals surface area contributed by atoms with Gasteiger partial charge >= 0.3 is 0 Å². The Morgan fingerprint density at radius 2 is 1.79 bits per heavy atom. The summed E-state index contributed by atoms with van der Waals surface area (Å²) in [6, 6.07) is 13.7. The molecule has 1 amide bonds. The van der Waals surface area contributed by atoms with Crippen LogP contribution < -0.4 is 14.8 Å². The van der Waals surface area contributed by atoms with Crippen molar-refractivity contribution in [3.05, 3.63) is 58.1 Å². The minimum absolute atomic E-state index is 0.116. The van der Waals surface area contributed by atoms with Gasteiger partial charge in [0.05, 0.1) is 13.2 Å². The highest BCUT2D eigenvalue weighted by Gasteiger charge is 2.35. The van der Waals surface area contributed by atoms with Gasteiger partial charge in [-0.25, -0.2) is 0 Å². The molecule has 0 bridgehead atoms. The Labute approximate surface area is 180 Å². The second-order valence-corrected chi connectivity index (χ2v) is 8.03. The lowest BCUT2D eigenvalue weighted by atomic mass is 9.74. The molecule has 1 aliphatic rings. The molecule has 0 saturated carbocycles. The van der Waals surface area contributed by atoms with Crippen LogP contribution in [0.5, 0.6) is 11.5 Å². The normalized spacial score (nSPS) is 15.6. The lowest BCUT2D eigenvalue weighted by Gasteiger charge is -2.38. The third-order valence-electron chi connectivity index (χ3n) is 5.28. The highest BCUT2D eigenvalue weighted by atomic mass is 79.9. The van der Waals surface area contributed by atoms with Gasteiger partial charge in [0, 0.05) is 35.2 Å². The van der Waals surface area contributed by atoms with Gasteiger partial charge in [0.25, 0.3) is 5.91 Å². The molecule has 3 rings (SSSR count). The Hall–Kier alpha value is -2.05. The van der Waals surface area contributed by atoms with E-state index in [1.807, 2.05) is 26.0 Å². The zero-order valence-corrected chi connectivity index (χ0v) is 18.6. The van der Waals surface area contributed by atoms with Crippen molar-refractivity contribution < 1.29 is 19.0 Å². The standard InChI is InChI=1S/C23H28BrNO4/c1-3-28-20-9-8-17(14-21(20)29-4-2)22(26)25-16-23(10-12-27-13-11-23)18-6-5-7-19(24)15-18/h5-9,14-15H,3-4,10-13,16H2,1-2H3,(H,25,26). The molecule has 1 N–H and O–H groups in total. The van der Waals surface area contributed by atoms with Gasteiger partial charge in [-0.3, -0.25) is 4.79 Å². The van der Waals surface area contributed by atoms with E-state index in [2.05, 4.69) is 33.4 Å². The van der Waals surface area contributed by atoms with Crippen molar-refractivity contribution in [3.63, 3.8) is 0 Å². The number of amides is 1. The van der Waals surface area contributed by atoms with Crippen molar-refractivity contribution in [2.75, 3.05) is 33.0 Å². The van der Waals surface area contributed by atoms with Crippen LogP contribution in [0.25, 0.3) is 0 Å². The number of carbonyl (C=O) groups excluding carboxylic acids is 1. The summed E-state index contributed by atoms with van der Waals surface area (Å²) in [7, 11) is 0. The molecule has 0 aromatic heterocycles. The van der Waals surface area contributed by atoms with Crippen LogP contribution in [0, 0.1) is 0 Å². The fourth-order valence-electron chi connectivity index (χ4n) is 3.69. The molecule has 5 nitrogen and oxygen atoms in total. The van der Waals surface area contributed by atoms with Crippen LogP contribution in [0.1, 0.15) is 42.6 Å². The zero-order valence-electron chi connectivity index (χ0n) is 17.0. The van der Waals surface area contributed by atoms with Crippen molar-refractivity contribution >= 4 is 21.8 Å². The SMILES string of the molecule is CCOc1ccc(C(=O)NCC2(c3cccc(Br)c3)CCOCC2)cc1OCC. The third-order valence-corrected chi connectivity index (χ3v) is 5.77. The number of benzene rings is 2. The fourth-order valence-corrected chi connectivity index (χ4v) is 4.09. The van der Waals surface area contributed by atoms with Crippen molar-refractivity contribution in [2.45, 2.75) is 32.1 Å². The molecule has 0 aliphatic carbocycles. The number of nitrogens with one attached hydrogen (secondary N) is 1. The highest BCUT2D eigenvalue weighted by Crippen LogP contribution is 2.36. The first-order valence-corrected chi connectivity index (χ1v) is 10.9. The summed E-state index contributed by atoms with van der Waals surface area (Å²) in [5.41, 5.74) is 1.65. The molecule has 29 heavy (non-hydrogen) atoms. The summed E-state index contributed by atoms with van der Waals surface area (Å²) >= 11 is 3.57. The van der Waals surface area contributed by atoms with E-state index in [-0.39, 0.29) is 11.3 Å². The molecular weight excluding hydrogens is 434 g/mol. The average molecular weight is 462 g/mol. The number of hydrogen-bond donors (Lipinski definition) is 1. The Balaban J connectivity index is 1.77. The van der Waals surface area contributed by atoms with Gasteiger partial charge in [-0.05, 0) is 62.6 Å². The van der Waals surface area contributed by atoms with Crippen LogP contribution in [0.15, 0.2) is 46.9 Å². The molecule has 2 aromatic carbocycles. The van der Waals surface area contributed by atoms with Crippen molar-refractivity contribution in [3.8, 4) is 11.5 Å². The van der Waals surface area contributed by atoms with E-state index in [1.165, 1.54) is 5.56 Å². The first-order valence-electron chi connectivity index (χ1n) is 10.1. The smallest absolute Gasteiger partial charge is 0.251 e. The summed E-state index contributed by atoms with van der Waals surface area (Å²) in [6.07, 6.45) is 1.74. The topological polar surface area (TPSA) is 56.8 Å². The maximum absolute atomic E-state index is 12.9. The third kappa shape index (κ3) is 5.31. The number of rotatable bonds is 8. The van der Waals surface area contributed by atoms with Gasteiger partial charge in [-0.15, -0.1) is 0 Å². The quantitative estimate of drug-likeness (QED) is 0.617. The Bertz CT molecular complexity index is 833. The summed E-state index contributed by atoms with van der Waals surface area (Å²) in [5, 5.41) is 3.14. The number of halogens is 1. The van der Waals surface area contributed by atoms with Gasteiger partial charge in [0.15, 0.2) is 11.5 Å². The van der Waals surface area contributed by atoms with Crippen molar-refractivity contribution in [1.29, 1.82) is 0 Å². The van der Waals surface area contributed by atoms with Crippen LogP contribution in [0.3, 0.4) is 0 Å². The van der Waals surface area contributed by atoms with Crippen LogP contribution in [-0.4, -0.2) is 38.9 Å². The van der Waals surface area contributed by atoms with Gasteiger partial charge in [-0.2, -0.15) is 0 Å². The van der Waals surface area contributed by atoms with E-state index in [0.717, 1.165) is 17.3 Å². The molecule has 1 saturated heterocycles. The van der Waals surface area contributed by atoms with E-state index < -0.39 is 0 Å². The highest BCUT2D eigenvalue weighted by molar-refractivity contribution is 9.10. The summed E-state index contributed by atoms with van der Waals surface area (Å²) in [5.74, 6) is 1.13. The lowest BCUT2D eigenvalue weighted by Crippen LogP contribution is -2.44. The summed E-state index contributed by atoms with van der Waals surface area (Å²) in [4.78, 5) is 12.9. The van der Waals surface area contributed by atoms with Crippen LogP contribution in [-0.2, 0) is 10.2 Å². The van der Waals surface area contributed by atoms with Gasteiger partial charge in [-0.1, -0.05) is 28.1 Å². The van der Waals surface area contributed by atoms with Crippen LogP contribution in [0.4, 0.5) is 0 Å². The van der Waals surface area contributed by atoms with Crippen LogP contribution >= 0.6 is 15.9 Å². The van der Waals surface area contributed by atoms with Crippen molar-refractivity contribution in [2.24, 2.45) is 0 Å². The van der Waals surface area contributed by atoms with Crippen molar-refractivity contribution in [1.82, 2.24) is 5.32 Å². The predicted molar refractivity (Wildman–Crippen MR) is 117 cm³/mol. The lowest BCUT2D eigenvalue weighted by molar-refractivity contribution is 0.0487. The molecule has 6 heteroatoms.